The second kappa shape index (κ2) is 6.88. The highest BCUT2D eigenvalue weighted by atomic mass is 35.5. The van der Waals surface area contributed by atoms with Gasteiger partial charge in [-0.25, -0.2) is 14.9 Å². The number of carbonyl (C=O) groups is 1. The van der Waals surface area contributed by atoms with E-state index in [2.05, 4.69) is 4.98 Å². The van der Waals surface area contributed by atoms with Crippen molar-refractivity contribution in [1.82, 2.24) is 10.5 Å². The Morgan fingerprint density at radius 1 is 1.43 bits per heavy atom. The minimum Gasteiger partial charge on any atom is -0.505 e. The van der Waals surface area contributed by atoms with Gasteiger partial charge >= 0.3 is 0 Å². The standard InChI is InChI=1S/C14H12ClFN2O5/c15-9-3-6(1-2-10(9)16)12(20)7-4-17-11(14(22)18-23)13(21)8(7)5-19/h1-4,12,19-21,23H,5H2,(H,18,22). The molecule has 0 bridgehead atoms. The summed E-state index contributed by atoms with van der Waals surface area (Å²) in [6.07, 6.45) is -0.322. The number of benzene rings is 1. The highest BCUT2D eigenvalue weighted by molar-refractivity contribution is 6.30. The maximum absolute atomic E-state index is 13.2. The number of hydrogen-bond donors (Lipinski definition) is 5. The molecular weight excluding hydrogens is 331 g/mol. The molecule has 1 aromatic carbocycles. The number of amides is 1. The predicted octanol–water partition coefficient (Wildman–Crippen LogP) is 1.27. The van der Waals surface area contributed by atoms with Gasteiger partial charge in [0.05, 0.1) is 11.6 Å². The van der Waals surface area contributed by atoms with E-state index in [1.165, 1.54) is 17.6 Å². The maximum Gasteiger partial charge on any atom is 0.297 e. The van der Waals surface area contributed by atoms with Gasteiger partial charge in [0.25, 0.3) is 5.91 Å². The molecule has 1 amide bonds. The van der Waals surface area contributed by atoms with E-state index >= 15 is 0 Å². The van der Waals surface area contributed by atoms with Gasteiger partial charge in [0.2, 0.25) is 0 Å². The van der Waals surface area contributed by atoms with Gasteiger partial charge in [-0.3, -0.25) is 10.0 Å². The molecule has 23 heavy (non-hydrogen) atoms. The monoisotopic (exact) mass is 342 g/mol. The van der Waals surface area contributed by atoms with Crippen LogP contribution in [0.25, 0.3) is 0 Å². The van der Waals surface area contributed by atoms with Crippen LogP contribution in [0.2, 0.25) is 5.02 Å². The van der Waals surface area contributed by atoms with Gasteiger partial charge in [-0.15, -0.1) is 0 Å². The zero-order valence-electron chi connectivity index (χ0n) is 11.5. The molecule has 2 aromatic rings. The van der Waals surface area contributed by atoms with Crippen LogP contribution in [-0.4, -0.2) is 31.4 Å². The second-order valence-electron chi connectivity index (χ2n) is 4.56. The van der Waals surface area contributed by atoms with Crippen molar-refractivity contribution in [1.29, 1.82) is 0 Å². The number of hydrogen-bond acceptors (Lipinski definition) is 6. The summed E-state index contributed by atoms with van der Waals surface area (Å²) in [4.78, 5) is 15.0. The lowest BCUT2D eigenvalue weighted by molar-refractivity contribution is 0.0696. The third-order valence-corrected chi connectivity index (χ3v) is 3.51. The number of nitrogens with zero attached hydrogens (tertiary/aromatic N) is 1. The van der Waals surface area contributed by atoms with Crippen molar-refractivity contribution < 1.29 is 29.7 Å². The van der Waals surface area contributed by atoms with Crippen LogP contribution in [0.1, 0.15) is 33.3 Å². The van der Waals surface area contributed by atoms with Crippen LogP contribution >= 0.6 is 11.6 Å². The van der Waals surface area contributed by atoms with Crippen LogP contribution in [0.15, 0.2) is 24.4 Å². The lowest BCUT2D eigenvalue weighted by Gasteiger charge is -2.17. The van der Waals surface area contributed by atoms with E-state index in [9.17, 15) is 24.5 Å². The van der Waals surface area contributed by atoms with E-state index in [0.717, 1.165) is 12.3 Å². The molecule has 122 valence electrons. The molecule has 1 unspecified atom stereocenters. The normalized spacial score (nSPS) is 12.0. The molecular formula is C14H12ClFN2O5. The molecule has 1 heterocycles. The van der Waals surface area contributed by atoms with Crippen LogP contribution in [-0.2, 0) is 6.61 Å². The van der Waals surface area contributed by atoms with Crippen molar-refractivity contribution in [3.05, 3.63) is 57.6 Å². The fourth-order valence-electron chi connectivity index (χ4n) is 2.04. The molecule has 1 atom stereocenters. The summed E-state index contributed by atoms with van der Waals surface area (Å²) in [6.45, 7) is -0.707. The minimum absolute atomic E-state index is 0.00200. The summed E-state index contributed by atoms with van der Waals surface area (Å²) in [5.41, 5.74) is 0.821. The highest BCUT2D eigenvalue weighted by Crippen LogP contribution is 2.32. The van der Waals surface area contributed by atoms with E-state index in [4.69, 9.17) is 16.8 Å². The first-order valence-corrected chi connectivity index (χ1v) is 6.67. The molecule has 2 rings (SSSR count). The van der Waals surface area contributed by atoms with Crippen molar-refractivity contribution in [2.45, 2.75) is 12.7 Å². The molecule has 0 radical (unpaired) electrons. The zero-order valence-corrected chi connectivity index (χ0v) is 12.3. The first-order valence-electron chi connectivity index (χ1n) is 6.29. The Morgan fingerprint density at radius 3 is 2.70 bits per heavy atom. The van der Waals surface area contributed by atoms with Gasteiger partial charge in [0.1, 0.15) is 11.9 Å². The Bertz CT molecular complexity index is 756. The van der Waals surface area contributed by atoms with E-state index in [-0.39, 0.29) is 21.7 Å². The van der Waals surface area contributed by atoms with Crippen molar-refractivity contribution >= 4 is 17.5 Å². The van der Waals surface area contributed by atoms with Crippen LogP contribution < -0.4 is 5.48 Å². The van der Waals surface area contributed by atoms with Crippen LogP contribution in [0.3, 0.4) is 0 Å². The fraction of sp³-hybridized carbons (Fsp3) is 0.143. The summed E-state index contributed by atoms with van der Waals surface area (Å²) in [5, 5.41) is 38.1. The van der Waals surface area contributed by atoms with E-state index < -0.39 is 35.9 Å². The van der Waals surface area contributed by atoms with Crippen LogP contribution in [0.5, 0.6) is 5.75 Å². The Kier molecular flexibility index (Phi) is 5.12. The van der Waals surface area contributed by atoms with E-state index in [1.807, 2.05) is 0 Å². The maximum atomic E-state index is 13.2. The summed E-state index contributed by atoms with van der Waals surface area (Å²) >= 11 is 5.65. The number of aromatic hydroxyl groups is 1. The Morgan fingerprint density at radius 2 is 2.13 bits per heavy atom. The molecule has 0 spiro atoms. The van der Waals surface area contributed by atoms with Gasteiger partial charge in [0, 0.05) is 17.3 Å². The van der Waals surface area contributed by atoms with E-state index in [0.29, 0.717) is 0 Å². The Hall–Kier alpha value is -2.26. The lowest BCUT2D eigenvalue weighted by Crippen LogP contribution is -2.21. The van der Waals surface area contributed by atoms with Gasteiger partial charge in [-0.2, -0.15) is 0 Å². The number of aromatic nitrogens is 1. The number of aliphatic hydroxyl groups is 2. The lowest BCUT2D eigenvalue weighted by atomic mass is 9.97. The van der Waals surface area contributed by atoms with Crippen LogP contribution in [0, 0.1) is 5.82 Å². The van der Waals surface area contributed by atoms with Gasteiger partial charge in [0.15, 0.2) is 11.4 Å². The third-order valence-electron chi connectivity index (χ3n) is 3.22. The Balaban J connectivity index is 2.52. The predicted molar refractivity (Wildman–Crippen MR) is 76.5 cm³/mol. The van der Waals surface area contributed by atoms with Crippen molar-refractivity contribution in [3.63, 3.8) is 0 Å². The summed E-state index contributed by atoms with van der Waals surface area (Å²) in [7, 11) is 0. The summed E-state index contributed by atoms with van der Waals surface area (Å²) in [6, 6.07) is 3.52. The van der Waals surface area contributed by atoms with Crippen molar-refractivity contribution in [2.24, 2.45) is 0 Å². The van der Waals surface area contributed by atoms with Gasteiger partial charge in [-0.05, 0) is 17.7 Å². The summed E-state index contributed by atoms with van der Waals surface area (Å²) in [5.74, 6) is -2.44. The van der Waals surface area contributed by atoms with Crippen LogP contribution in [0.4, 0.5) is 4.39 Å². The molecule has 0 aliphatic rings. The number of carbonyl (C=O) groups excluding carboxylic acids is 1. The quantitative estimate of drug-likeness (QED) is 0.421. The third kappa shape index (κ3) is 3.25. The fourth-order valence-corrected chi connectivity index (χ4v) is 2.22. The summed E-state index contributed by atoms with van der Waals surface area (Å²) < 4.78 is 13.2. The number of aliphatic hydroxyl groups excluding tert-OH is 2. The average molecular weight is 343 g/mol. The molecule has 0 saturated heterocycles. The number of pyridine rings is 1. The highest BCUT2D eigenvalue weighted by Gasteiger charge is 2.23. The van der Waals surface area contributed by atoms with E-state index in [1.54, 1.807) is 0 Å². The largest absolute Gasteiger partial charge is 0.505 e. The molecule has 0 aliphatic carbocycles. The van der Waals surface area contributed by atoms with Gasteiger partial charge in [-0.1, -0.05) is 17.7 Å². The second-order valence-corrected chi connectivity index (χ2v) is 4.97. The van der Waals surface area contributed by atoms with Crippen molar-refractivity contribution in [3.8, 4) is 5.75 Å². The number of hydroxylamine groups is 1. The first kappa shape index (κ1) is 17.1. The number of halogens is 2. The molecule has 0 aliphatic heterocycles. The first-order chi connectivity index (χ1) is 10.9. The molecule has 5 N–H and O–H groups in total. The topological polar surface area (TPSA) is 123 Å². The van der Waals surface area contributed by atoms with Gasteiger partial charge < -0.3 is 15.3 Å². The Labute approximate surface area is 134 Å². The smallest absolute Gasteiger partial charge is 0.297 e. The van der Waals surface area contributed by atoms with Crippen molar-refractivity contribution in [2.75, 3.05) is 0 Å². The number of rotatable bonds is 4. The molecule has 0 fully saturated rings. The number of nitrogens with one attached hydrogen (secondary N) is 1. The minimum atomic E-state index is -1.38. The SMILES string of the molecule is O=C(NO)c1ncc(C(O)c2ccc(F)c(Cl)c2)c(CO)c1O. The zero-order chi connectivity index (χ0) is 17.1. The average Bonchev–Trinajstić information content (AvgIpc) is 2.55. The molecule has 9 heteroatoms. The molecule has 1 aromatic heterocycles. The molecule has 7 nitrogen and oxygen atoms in total. The molecule has 0 saturated carbocycles.